The highest BCUT2D eigenvalue weighted by Gasteiger charge is 2.17. The van der Waals surface area contributed by atoms with Gasteiger partial charge in [0.05, 0.1) is 0 Å². The lowest BCUT2D eigenvalue weighted by atomic mass is 9.89. The first-order valence-electron chi connectivity index (χ1n) is 7.56. The van der Waals surface area contributed by atoms with Crippen molar-refractivity contribution in [3.05, 3.63) is 70.4 Å². The zero-order valence-corrected chi connectivity index (χ0v) is 14.4. The topological polar surface area (TPSA) is 12.0 Å². The Kier molecular flexibility index (Phi) is 6.44. The molecule has 0 bridgehead atoms. The molecule has 3 aromatic rings. The Balaban J connectivity index is 0.00000176. The fraction of sp³-hybridized carbons (Fsp3) is 0.263. The molecule has 1 heterocycles. The molecule has 1 atom stereocenters. The molecule has 0 unspecified atom stereocenters. The maximum atomic E-state index is 3.26. The van der Waals surface area contributed by atoms with Crippen molar-refractivity contribution in [2.75, 3.05) is 13.6 Å². The van der Waals surface area contributed by atoms with Crippen molar-refractivity contribution < 1.29 is 0 Å². The molecular weight excluding hydrogens is 310 g/mol. The lowest BCUT2D eigenvalue weighted by molar-refractivity contribution is 0.636. The van der Waals surface area contributed by atoms with E-state index in [4.69, 9.17) is 0 Å². The van der Waals surface area contributed by atoms with Crippen LogP contribution in [0.1, 0.15) is 29.2 Å². The standard InChI is InChI=1S/C19H21NS.ClH/c1-20-13-5-11-18(19-12-6-14-21-19)17-10-4-8-15-7-2-3-9-16(15)17;/h2-4,6-10,12,14,18,20H,5,11,13H2,1H3;1H/t18-;/m0./s1. The van der Waals surface area contributed by atoms with Gasteiger partial charge in [0.15, 0.2) is 0 Å². The van der Waals surface area contributed by atoms with E-state index >= 15 is 0 Å². The summed E-state index contributed by atoms with van der Waals surface area (Å²) in [5.74, 6) is 0.504. The van der Waals surface area contributed by atoms with Crippen LogP contribution in [0.15, 0.2) is 60.0 Å². The molecule has 1 aromatic heterocycles. The first-order valence-corrected chi connectivity index (χ1v) is 8.44. The summed E-state index contributed by atoms with van der Waals surface area (Å²) in [5, 5.41) is 8.18. The summed E-state index contributed by atoms with van der Waals surface area (Å²) < 4.78 is 0. The van der Waals surface area contributed by atoms with E-state index in [9.17, 15) is 0 Å². The van der Waals surface area contributed by atoms with Gasteiger partial charge in [0.1, 0.15) is 0 Å². The molecule has 0 aliphatic rings. The SMILES string of the molecule is CNCCC[C@H](c1cccs1)c1cccc2ccccc12.Cl. The van der Waals surface area contributed by atoms with Gasteiger partial charge in [0.2, 0.25) is 0 Å². The number of fused-ring (bicyclic) bond motifs is 1. The fourth-order valence-electron chi connectivity index (χ4n) is 2.98. The Morgan fingerprint density at radius 1 is 1.00 bits per heavy atom. The van der Waals surface area contributed by atoms with E-state index in [1.54, 1.807) is 0 Å². The minimum Gasteiger partial charge on any atom is -0.320 e. The molecule has 116 valence electrons. The number of benzene rings is 2. The Bertz CT molecular complexity index is 688. The highest BCUT2D eigenvalue weighted by Crippen LogP contribution is 2.36. The Morgan fingerprint density at radius 3 is 2.59 bits per heavy atom. The van der Waals surface area contributed by atoms with Crippen LogP contribution >= 0.6 is 23.7 Å². The smallest absolute Gasteiger partial charge is 0.0190 e. The van der Waals surface area contributed by atoms with E-state index in [-0.39, 0.29) is 12.4 Å². The number of rotatable bonds is 6. The molecule has 0 saturated carbocycles. The van der Waals surface area contributed by atoms with Crippen molar-refractivity contribution in [3.63, 3.8) is 0 Å². The fourth-order valence-corrected chi connectivity index (χ4v) is 3.86. The number of halogens is 1. The maximum absolute atomic E-state index is 3.26. The normalized spacial score (nSPS) is 12.0. The second-order valence-electron chi connectivity index (χ2n) is 5.38. The Labute approximate surface area is 142 Å². The maximum Gasteiger partial charge on any atom is 0.0190 e. The van der Waals surface area contributed by atoms with Crippen LogP contribution in [0, 0.1) is 0 Å². The first kappa shape index (κ1) is 17.0. The number of nitrogens with one attached hydrogen (secondary N) is 1. The first-order chi connectivity index (χ1) is 10.4. The van der Waals surface area contributed by atoms with Crippen molar-refractivity contribution in [3.8, 4) is 0 Å². The quantitative estimate of drug-likeness (QED) is 0.592. The minimum atomic E-state index is 0. The minimum absolute atomic E-state index is 0. The number of hydrogen-bond acceptors (Lipinski definition) is 2. The lowest BCUT2D eigenvalue weighted by Crippen LogP contribution is -2.10. The van der Waals surface area contributed by atoms with Gasteiger partial charge in [-0.15, -0.1) is 23.7 Å². The van der Waals surface area contributed by atoms with Gasteiger partial charge < -0.3 is 5.32 Å². The van der Waals surface area contributed by atoms with Gasteiger partial charge in [-0.25, -0.2) is 0 Å². The van der Waals surface area contributed by atoms with Crippen molar-refractivity contribution in [2.24, 2.45) is 0 Å². The number of hydrogen-bond donors (Lipinski definition) is 1. The largest absolute Gasteiger partial charge is 0.320 e. The molecule has 3 heteroatoms. The van der Waals surface area contributed by atoms with E-state index in [0.29, 0.717) is 5.92 Å². The molecule has 22 heavy (non-hydrogen) atoms. The summed E-state index contributed by atoms with van der Waals surface area (Å²) in [6.07, 6.45) is 2.39. The third-order valence-electron chi connectivity index (χ3n) is 4.00. The molecule has 0 aliphatic carbocycles. The highest BCUT2D eigenvalue weighted by atomic mass is 35.5. The monoisotopic (exact) mass is 331 g/mol. The Hall–Kier alpha value is -1.35. The highest BCUT2D eigenvalue weighted by molar-refractivity contribution is 7.10. The van der Waals surface area contributed by atoms with Crippen LogP contribution in [-0.4, -0.2) is 13.6 Å². The van der Waals surface area contributed by atoms with Gasteiger partial charge in [-0.05, 0) is 54.2 Å². The predicted molar refractivity (Wildman–Crippen MR) is 101 cm³/mol. The van der Waals surface area contributed by atoms with Gasteiger partial charge in [-0.1, -0.05) is 48.5 Å². The van der Waals surface area contributed by atoms with Crippen LogP contribution < -0.4 is 5.32 Å². The third kappa shape index (κ3) is 3.70. The van der Waals surface area contributed by atoms with Gasteiger partial charge in [0.25, 0.3) is 0 Å². The second-order valence-corrected chi connectivity index (χ2v) is 6.36. The van der Waals surface area contributed by atoms with E-state index in [2.05, 4.69) is 65.3 Å². The molecule has 0 fully saturated rings. The van der Waals surface area contributed by atoms with Crippen LogP contribution in [0.25, 0.3) is 10.8 Å². The summed E-state index contributed by atoms with van der Waals surface area (Å²) in [5.41, 5.74) is 1.46. The summed E-state index contributed by atoms with van der Waals surface area (Å²) in [4.78, 5) is 1.47. The molecule has 0 amide bonds. The van der Waals surface area contributed by atoms with E-state index in [1.165, 1.54) is 34.1 Å². The van der Waals surface area contributed by atoms with Crippen LogP contribution in [0.2, 0.25) is 0 Å². The molecule has 1 nitrogen and oxygen atoms in total. The summed E-state index contributed by atoms with van der Waals surface area (Å²) >= 11 is 1.87. The molecule has 2 aromatic carbocycles. The zero-order valence-electron chi connectivity index (χ0n) is 12.8. The van der Waals surface area contributed by atoms with Crippen LogP contribution in [-0.2, 0) is 0 Å². The molecule has 0 aliphatic heterocycles. The van der Waals surface area contributed by atoms with Crippen LogP contribution in [0.3, 0.4) is 0 Å². The van der Waals surface area contributed by atoms with Crippen molar-refractivity contribution in [1.82, 2.24) is 5.32 Å². The average Bonchev–Trinajstić information content (AvgIpc) is 3.05. The molecule has 1 N–H and O–H groups in total. The Morgan fingerprint density at radius 2 is 1.82 bits per heavy atom. The van der Waals surface area contributed by atoms with Crippen molar-refractivity contribution >= 4 is 34.5 Å². The molecule has 0 radical (unpaired) electrons. The zero-order chi connectivity index (χ0) is 14.5. The van der Waals surface area contributed by atoms with E-state index in [1.807, 2.05) is 18.4 Å². The van der Waals surface area contributed by atoms with Crippen molar-refractivity contribution in [1.29, 1.82) is 0 Å². The lowest BCUT2D eigenvalue weighted by Gasteiger charge is -2.18. The van der Waals surface area contributed by atoms with E-state index in [0.717, 1.165) is 6.54 Å². The number of thiophene rings is 1. The van der Waals surface area contributed by atoms with Gasteiger partial charge in [-0.2, -0.15) is 0 Å². The van der Waals surface area contributed by atoms with Gasteiger partial charge in [0, 0.05) is 10.8 Å². The van der Waals surface area contributed by atoms with Crippen molar-refractivity contribution in [2.45, 2.75) is 18.8 Å². The van der Waals surface area contributed by atoms with Crippen LogP contribution in [0.5, 0.6) is 0 Å². The third-order valence-corrected chi connectivity index (χ3v) is 4.99. The van der Waals surface area contributed by atoms with Crippen LogP contribution in [0.4, 0.5) is 0 Å². The molecule has 3 rings (SSSR count). The molecular formula is C19H22ClNS. The summed E-state index contributed by atoms with van der Waals surface area (Å²) in [6.45, 7) is 1.08. The van der Waals surface area contributed by atoms with E-state index < -0.39 is 0 Å². The summed E-state index contributed by atoms with van der Waals surface area (Å²) in [7, 11) is 2.03. The second kappa shape index (κ2) is 8.33. The average molecular weight is 332 g/mol. The molecule has 0 spiro atoms. The summed E-state index contributed by atoms with van der Waals surface area (Å²) in [6, 6.07) is 19.9. The van der Waals surface area contributed by atoms with Gasteiger partial charge in [-0.3, -0.25) is 0 Å². The molecule has 0 saturated heterocycles. The van der Waals surface area contributed by atoms with Gasteiger partial charge >= 0.3 is 0 Å². The predicted octanol–water partition coefficient (Wildman–Crippen LogP) is 5.45.